The van der Waals surface area contributed by atoms with E-state index >= 15 is 0 Å². The summed E-state index contributed by atoms with van der Waals surface area (Å²) in [7, 11) is 1.56. The predicted octanol–water partition coefficient (Wildman–Crippen LogP) is 2.03. The van der Waals surface area contributed by atoms with Gasteiger partial charge in [-0.15, -0.1) is 10.2 Å². The fourth-order valence-electron chi connectivity index (χ4n) is 1.95. The Bertz CT molecular complexity index is 693. The Hall–Kier alpha value is -2.22. The first-order chi connectivity index (χ1) is 10.8. The molecule has 0 radical (unpaired) electrons. The number of nitrogen functional groups attached to an aromatic ring is 1. The van der Waals surface area contributed by atoms with Crippen molar-refractivity contribution in [2.24, 2.45) is 0 Å². The summed E-state index contributed by atoms with van der Waals surface area (Å²) in [6.45, 7) is 6.01. The third-order valence-corrected chi connectivity index (χ3v) is 3.99. The molecule has 0 bridgehead atoms. The van der Waals surface area contributed by atoms with Crippen molar-refractivity contribution >= 4 is 23.4 Å². The molecule has 1 amide bonds. The largest absolute Gasteiger partial charge is 0.495 e. The van der Waals surface area contributed by atoms with Crippen LogP contribution in [-0.2, 0) is 10.2 Å². The predicted molar refractivity (Wildman–Crippen MR) is 91.2 cm³/mol. The lowest BCUT2D eigenvalue weighted by Gasteiger charge is -2.16. The molecular formula is C15H21N5O2S. The number of aromatic nitrogens is 3. The van der Waals surface area contributed by atoms with Crippen LogP contribution in [0.3, 0.4) is 0 Å². The van der Waals surface area contributed by atoms with E-state index in [0.717, 1.165) is 0 Å². The lowest BCUT2D eigenvalue weighted by Crippen LogP contribution is -2.24. The van der Waals surface area contributed by atoms with E-state index in [1.807, 2.05) is 32.9 Å². The van der Waals surface area contributed by atoms with Gasteiger partial charge in [0.15, 0.2) is 5.82 Å². The molecule has 0 fully saturated rings. The van der Waals surface area contributed by atoms with E-state index in [4.69, 9.17) is 10.6 Å². The highest BCUT2D eigenvalue weighted by Gasteiger charge is 2.23. The first kappa shape index (κ1) is 17.1. The van der Waals surface area contributed by atoms with E-state index in [9.17, 15) is 4.79 Å². The Labute approximate surface area is 139 Å². The van der Waals surface area contributed by atoms with Gasteiger partial charge in [-0.2, -0.15) is 0 Å². The van der Waals surface area contributed by atoms with Crippen LogP contribution in [0.25, 0.3) is 0 Å². The molecule has 1 aromatic heterocycles. The molecule has 0 unspecified atom stereocenters. The zero-order valence-electron chi connectivity index (χ0n) is 13.7. The molecule has 0 atom stereocenters. The molecule has 0 aliphatic carbocycles. The third-order valence-electron chi connectivity index (χ3n) is 3.05. The van der Waals surface area contributed by atoms with Crippen LogP contribution in [0.1, 0.15) is 26.6 Å². The monoisotopic (exact) mass is 335 g/mol. The number of carbonyl (C=O) groups is 1. The summed E-state index contributed by atoms with van der Waals surface area (Å²) in [6, 6.07) is 7.24. The van der Waals surface area contributed by atoms with Gasteiger partial charge in [0, 0.05) is 5.41 Å². The molecule has 1 aromatic carbocycles. The number of methoxy groups -OCH3 is 1. The number of anilines is 1. The number of para-hydroxylation sites is 2. The summed E-state index contributed by atoms with van der Waals surface area (Å²) in [5, 5.41) is 11.4. The molecule has 0 spiro atoms. The second-order valence-electron chi connectivity index (χ2n) is 5.96. The number of nitrogens with zero attached hydrogens (tertiary/aromatic N) is 3. The van der Waals surface area contributed by atoms with Crippen LogP contribution in [0.15, 0.2) is 29.4 Å². The van der Waals surface area contributed by atoms with Gasteiger partial charge < -0.3 is 15.9 Å². The molecule has 0 aliphatic rings. The third kappa shape index (κ3) is 4.16. The lowest BCUT2D eigenvalue weighted by molar-refractivity contribution is -0.113. The minimum Gasteiger partial charge on any atom is -0.495 e. The van der Waals surface area contributed by atoms with Gasteiger partial charge in [0.1, 0.15) is 5.75 Å². The zero-order valence-corrected chi connectivity index (χ0v) is 14.5. The van der Waals surface area contributed by atoms with Crippen LogP contribution in [0.4, 0.5) is 5.69 Å². The van der Waals surface area contributed by atoms with Crippen LogP contribution in [0.5, 0.6) is 5.75 Å². The molecule has 23 heavy (non-hydrogen) atoms. The normalized spacial score (nSPS) is 11.3. The van der Waals surface area contributed by atoms with Crippen LogP contribution < -0.4 is 15.9 Å². The van der Waals surface area contributed by atoms with Crippen LogP contribution >= 0.6 is 11.8 Å². The molecular weight excluding hydrogens is 314 g/mol. The number of hydrogen-bond donors (Lipinski definition) is 2. The van der Waals surface area contributed by atoms with Crippen molar-refractivity contribution in [1.82, 2.24) is 14.9 Å². The number of amides is 1. The molecule has 1 heterocycles. The fourth-order valence-corrected chi connectivity index (χ4v) is 2.61. The summed E-state index contributed by atoms with van der Waals surface area (Å²) in [5.41, 5.74) is 0.422. The van der Waals surface area contributed by atoms with Crippen molar-refractivity contribution in [1.29, 1.82) is 0 Å². The SMILES string of the molecule is COc1ccccc1NC(=O)CSc1nnc(C(C)(C)C)n1N. The topological polar surface area (TPSA) is 95.1 Å². The first-order valence-electron chi connectivity index (χ1n) is 7.09. The van der Waals surface area contributed by atoms with Gasteiger partial charge in [0.25, 0.3) is 0 Å². The molecule has 0 saturated carbocycles. The smallest absolute Gasteiger partial charge is 0.234 e. The molecule has 3 N–H and O–H groups in total. The zero-order chi connectivity index (χ0) is 17.0. The highest BCUT2D eigenvalue weighted by molar-refractivity contribution is 7.99. The number of nitrogens with one attached hydrogen (secondary N) is 1. The summed E-state index contributed by atoms with van der Waals surface area (Å²) in [5.74, 6) is 7.29. The van der Waals surface area contributed by atoms with Gasteiger partial charge in [-0.05, 0) is 12.1 Å². The summed E-state index contributed by atoms with van der Waals surface area (Å²) >= 11 is 1.24. The summed E-state index contributed by atoms with van der Waals surface area (Å²) in [6.07, 6.45) is 0. The van der Waals surface area contributed by atoms with Crippen molar-refractivity contribution in [2.75, 3.05) is 24.0 Å². The van der Waals surface area contributed by atoms with Gasteiger partial charge in [0.05, 0.1) is 18.6 Å². The Balaban J connectivity index is 1.99. The average Bonchev–Trinajstić information content (AvgIpc) is 2.87. The average molecular weight is 335 g/mol. The van der Waals surface area contributed by atoms with E-state index in [1.54, 1.807) is 19.2 Å². The maximum atomic E-state index is 12.1. The van der Waals surface area contributed by atoms with Gasteiger partial charge in [-0.1, -0.05) is 44.7 Å². The van der Waals surface area contributed by atoms with Crippen LogP contribution in [0, 0.1) is 0 Å². The van der Waals surface area contributed by atoms with E-state index in [0.29, 0.717) is 22.4 Å². The minimum absolute atomic E-state index is 0.167. The maximum absolute atomic E-state index is 12.1. The lowest BCUT2D eigenvalue weighted by atomic mass is 9.96. The minimum atomic E-state index is -0.208. The molecule has 8 heteroatoms. The van der Waals surface area contributed by atoms with Crippen molar-refractivity contribution in [3.05, 3.63) is 30.1 Å². The fraction of sp³-hybridized carbons (Fsp3) is 0.400. The van der Waals surface area contributed by atoms with E-state index in [-0.39, 0.29) is 17.1 Å². The van der Waals surface area contributed by atoms with Crippen LogP contribution in [0.2, 0.25) is 0 Å². The van der Waals surface area contributed by atoms with E-state index in [2.05, 4.69) is 15.5 Å². The van der Waals surface area contributed by atoms with Gasteiger partial charge in [-0.3, -0.25) is 4.79 Å². The molecule has 0 aliphatic heterocycles. The Morgan fingerprint density at radius 3 is 2.65 bits per heavy atom. The molecule has 2 aromatic rings. The number of thioether (sulfide) groups is 1. The van der Waals surface area contributed by atoms with E-state index in [1.165, 1.54) is 16.4 Å². The van der Waals surface area contributed by atoms with Crippen LogP contribution in [-0.4, -0.2) is 33.6 Å². The van der Waals surface area contributed by atoms with Crippen molar-refractivity contribution < 1.29 is 9.53 Å². The first-order valence-corrected chi connectivity index (χ1v) is 8.08. The molecule has 0 saturated heterocycles. The number of nitrogens with two attached hydrogens (primary N) is 1. The number of ether oxygens (including phenoxy) is 1. The van der Waals surface area contributed by atoms with Crippen molar-refractivity contribution in [3.8, 4) is 5.75 Å². The van der Waals surface area contributed by atoms with Crippen molar-refractivity contribution in [3.63, 3.8) is 0 Å². The number of benzene rings is 1. The van der Waals surface area contributed by atoms with Crippen molar-refractivity contribution in [2.45, 2.75) is 31.3 Å². The second-order valence-corrected chi connectivity index (χ2v) is 6.91. The number of carbonyl (C=O) groups excluding carboxylic acids is 1. The number of hydrogen-bond acceptors (Lipinski definition) is 6. The molecule has 7 nitrogen and oxygen atoms in total. The number of rotatable bonds is 5. The Morgan fingerprint density at radius 2 is 2.04 bits per heavy atom. The molecule has 2 rings (SSSR count). The Morgan fingerprint density at radius 1 is 1.35 bits per heavy atom. The second kappa shape index (κ2) is 6.91. The van der Waals surface area contributed by atoms with E-state index < -0.39 is 0 Å². The highest BCUT2D eigenvalue weighted by Crippen LogP contribution is 2.25. The molecule has 124 valence electrons. The quantitative estimate of drug-likeness (QED) is 0.641. The summed E-state index contributed by atoms with van der Waals surface area (Å²) < 4.78 is 6.63. The maximum Gasteiger partial charge on any atom is 0.234 e. The van der Waals surface area contributed by atoms with Gasteiger partial charge in [0.2, 0.25) is 11.1 Å². The summed E-state index contributed by atoms with van der Waals surface area (Å²) in [4.78, 5) is 12.1. The standard InChI is InChI=1S/C15H21N5O2S/c1-15(2,3)13-18-19-14(20(13)16)23-9-12(21)17-10-7-5-6-8-11(10)22-4/h5-8H,9,16H2,1-4H3,(H,17,21). The Kier molecular flexibility index (Phi) is 5.15. The van der Waals surface area contributed by atoms with Gasteiger partial charge >= 0.3 is 0 Å². The highest BCUT2D eigenvalue weighted by atomic mass is 32.2. The van der Waals surface area contributed by atoms with Gasteiger partial charge in [-0.25, -0.2) is 4.68 Å².